The molecular weight excluding hydrogens is 251 g/mol. The lowest BCUT2D eigenvalue weighted by molar-refractivity contribution is -0.141. The SMILES string of the molecule is NCc1sc(-c2ccncc2)nc1C(F)(F)F. The number of hydrogen-bond acceptors (Lipinski definition) is 4. The van der Waals surface area contributed by atoms with Gasteiger partial charge in [-0.2, -0.15) is 13.2 Å². The number of hydrogen-bond donors (Lipinski definition) is 1. The molecule has 2 N–H and O–H groups in total. The van der Waals surface area contributed by atoms with Crippen molar-refractivity contribution in [3.8, 4) is 10.6 Å². The van der Waals surface area contributed by atoms with Crippen molar-refractivity contribution in [3.05, 3.63) is 35.1 Å². The van der Waals surface area contributed by atoms with Crippen LogP contribution in [0.5, 0.6) is 0 Å². The molecule has 0 aromatic carbocycles. The molecule has 0 aliphatic carbocycles. The summed E-state index contributed by atoms with van der Waals surface area (Å²) >= 11 is 0.956. The van der Waals surface area contributed by atoms with E-state index in [2.05, 4.69) is 9.97 Å². The van der Waals surface area contributed by atoms with Crippen molar-refractivity contribution in [3.63, 3.8) is 0 Å². The lowest BCUT2D eigenvalue weighted by Crippen LogP contribution is -2.10. The number of nitrogens with two attached hydrogens (primary N) is 1. The van der Waals surface area contributed by atoms with E-state index in [1.54, 1.807) is 12.1 Å². The predicted octanol–water partition coefficient (Wildman–Crippen LogP) is 2.68. The smallest absolute Gasteiger partial charge is 0.326 e. The maximum Gasteiger partial charge on any atom is 0.434 e. The maximum atomic E-state index is 12.6. The third-order valence-electron chi connectivity index (χ3n) is 2.08. The topological polar surface area (TPSA) is 51.8 Å². The molecule has 0 aliphatic rings. The number of nitrogens with zero attached hydrogens (tertiary/aromatic N) is 2. The summed E-state index contributed by atoms with van der Waals surface area (Å²) < 4.78 is 37.9. The van der Waals surface area contributed by atoms with E-state index in [0.29, 0.717) is 10.6 Å². The maximum absolute atomic E-state index is 12.6. The second kappa shape index (κ2) is 4.42. The standard InChI is InChI=1S/C10H8F3N3S/c11-10(12,13)8-7(5-14)17-9(16-8)6-1-3-15-4-2-6/h1-4H,5,14H2. The summed E-state index contributed by atoms with van der Waals surface area (Å²) in [5, 5.41) is 0.306. The normalized spacial score (nSPS) is 11.8. The summed E-state index contributed by atoms with van der Waals surface area (Å²) in [7, 11) is 0. The van der Waals surface area contributed by atoms with Gasteiger partial charge in [0.2, 0.25) is 0 Å². The predicted molar refractivity (Wildman–Crippen MR) is 58.2 cm³/mol. The molecule has 0 unspecified atom stereocenters. The average Bonchev–Trinajstić information content (AvgIpc) is 2.74. The Morgan fingerprint density at radius 3 is 2.35 bits per heavy atom. The molecule has 0 bridgehead atoms. The summed E-state index contributed by atoms with van der Waals surface area (Å²) in [6.07, 6.45) is -1.45. The molecule has 0 spiro atoms. The molecule has 2 heterocycles. The molecule has 17 heavy (non-hydrogen) atoms. The van der Waals surface area contributed by atoms with Crippen LogP contribution >= 0.6 is 11.3 Å². The molecule has 0 amide bonds. The van der Waals surface area contributed by atoms with Gasteiger partial charge in [0.05, 0.1) is 4.88 Å². The van der Waals surface area contributed by atoms with E-state index in [0.717, 1.165) is 11.3 Å². The minimum atomic E-state index is -4.46. The highest BCUT2D eigenvalue weighted by atomic mass is 32.1. The Morgan fingerprint density at radius 2 is 1.88 bits per heavy atom. The van der Waals surface area contributed by atoms with Gasteiger partial charge in [-0.25, -0.2) is 4.98 Å². The van der Waals surface area contributed by atoms with Crippen molar-refractivity contribution in [2.24, 2.45) is 5.73 Å². The first-order valence-corrected chi connectivity index (χ1v) is 5.51. The van der Waals surface area contributed by atoms with Crippen LogP contribution in [0, 0.1) is 0 Å². The number of rotatable bonds is 2. The van der Waals surface area contributed by atoms with Crippen molar-refractivity contribution < 1.29 is 13.2 Å². The minimum Gasteiger partial charge on any atom is -0.326 e. The fourth-order valence-electron chi connectivity index (χ4n) is 1.33. The van der Waals surface area contributed by atoms with Crippen molar-refractivity contribution >= 4 is 11.3 Å². The van der Waals surface area contributed by atoms with E-state index in [-0.39, 0.29) is 11.4 Å². The van der Waals surface area contributed by atoms with Gasteiger partial charge in [0.25, 0.3) is 0 Å². The second-order valence-corrected chi connectivity index (χ2v) is 4.31. The van der Waals surface area contributed by atoms with Gasteiger partial charge in [-0.3, -0.25) is 4.98 Å². The van der Waals surface area contributed by atoms with Gasteiger partial charge in [0.1, 0.15) is 5.01 Å². The highest BCUT2D eigenvalue weighted by Gasteiger charge is 2.37. The summed E-state index contributed by atoms with van der Waals surface area (Å²) in [6, 6.07) is 3.22. The summed E-state index contributed by atoms with van der Waals surface area (Å²) in [5.41, 5.74) is 5.01. The second-order valence-electron chi connectivity index (χ2n) is 3.23. The number of alkyl halides is 3. The van der Waals surface area contributed by atoms with Crippen LogP contribution < -0.4 is 5.73 Å². The van der Waals surface area contributed by atoms with Gasteiger partial charge in [-0.05, 0) is 12.1 Å². The zero-order valence-electron chi connectivity index (χ0n) is 8.53. The van der Waals surface area contributed by atoms with Crippen LogP contribution in [0.25, 0.3) is 10.6 Å². The van der Waals surface area contributed by atoms with E-state index in [9.17, 15) is 13.2 Å². The van der Waals surface area contributed by atoms with Crippen LogP contribution in [0.1, 0.15) is 10.6 Å². The fraction of sp³-hybridized carbons (Fsp3) is 0.200. The largest absolute Gasteiger partial charge is 0.434 e. The van der Waals surface area contributed by atoms with Gasteiger partial charge < -0.3 is 5.73 Å². The first kappa shape index (κ1) is 12.0. The van der Waals surface area contributed by atoms with Crippen LogP contribution in [0.4, 0.5) is 13.2 Å². The third kappa shape index (κ3) is 2.45. The zero-order valence-corrected chi connectivity index (χ0v) is 9.35. The molecule has 7 heteroatoms. The highest BCUT2D eigenvalue weighted by molar-refractivity contribution is 7.15. The van der Waals surface area contributed by atoms with Crippen LogP contribution in [0.3, 0.4) is 0 Å². The molecular formula is C10H8F3N3S. The molecule has 2 rings (SSSR count). The van der Waals surface area contributed by atoms with E-state index >= 15 is 0 Å². The molecule has 0 saturated heterocycles. The fourth-order valence-corrected chi connectivity index (χ4v) is 2.30. The van der Waals surface area contributed by atoms with Crippen molar-refractivity contribution in [2.75, 3.05) is 0 Å². The first-order valence-electron chi connectivity index (χ1n) is 4.69. The van der Waals surface area contributed by atoms with Gasteiger partial charge in [-0.1, -0.05) is 0 Å². The van der Waals surface area contributed by atoms with Crippen molar-refractivity contribution in [1.29, 1.82) is 0 Å². The Labute approximate surface area is 99.1 Å². The van der Waals surface area contributed by atoms with Gasteiger partial charge in [0.15, 0.2) is 5.69 Å². The molecule has 2 aromatic rings. The molecule has 3 nitrogen and oxygen atoms in total. The van der Waals surface area contributed by atoms with Gasteiger partial charge in [-0.15, -0.1) is 11.3 Å². The molecule has 0 saturated carbocycles. The Kier molecular flexibility index (Phi) is 3.12. The van der Waals surface area contributed by atoms with E-state index in [4.69, 9.17) is 5.73 Å². The summed E-state index contributed by atoms with van der Waals surface area (Å²) in [6.45, 7) is -0.169. The van der Waals surface area contributed by atoms with Gasteiger partial charge in [0, 0.05) is 24.5 Å². The highest BCUT2D eigenvalue weighted by Crippen LogP contribution is 2.37. The van der Waals surface area contributed by atoms with Crippen LogP contribution in [0.15, 0.2) is 24.5 Å². The quantitative estimate of drug-likeness (QED) is 0.902. The Bertz CT molecular complexity index is 507. The summed E-state index contributed by atoms with van der Waals surface area (Å²) in [5.74, 6) is 0. The monoisotopic (exact) mass is 259 g/mol. The van der Waals surface area contributed by atoms with Crippen molar-refractivity contribution in [2.45, 2.75) is 12.7 Å². The van der Waals surface area contributed by atoms with Crippen LogP contribution in [-0.2, 0) is 12.7 Å². The van der Waals surface area contributed by atoms with Crippen molar-refractivity contribution in [1.82, 2.24) is 9.97 Å². The first-order chi connectivity index (χ1) is 8.02. The number of halogens is 3. The minimum absolute atomic E-state index is 0.0457. The lowest BCUT2D eigenvalue weighted by atomic mass is 10.3. The molecule has 0 atom stereocenters. The summed E-state index contributed by atoms with van der Waals surface area (Å²) in [4.78, 5) is 7.45. The average molecular weight is 259 g/mol. The molecule has 0 fully saturated rings. The van der Waals surface area contributed by atoms with Crippen LogP contribution in [-0.4, -0.2) is 9.97 Å². The Morgan fingerprint density at radius 1 is 1.24 bits per heavy atom. The Hall–Kier alpha value is -1.47. The molecule has 2 aromatic heterocycles. The van der Waals surface area contributed by atoms with E-state index in [1.807, 2.05) is 0 Å². The number of pyridine rings is 1. The molecule has 0 radical (unpaired) electrons. The zero-order chi connectivity index (χ0) is 12.5. The van der Waals surface area contributed by atoms with Crippen LogP contribution in [0.2, 0.25) is 0 Å². The lowest BCUT2D eigenvalue weighted by Gasteiger charge is -2.03. The Balaban J connectivity index is 2.49. The molecule has 90 valence electrons. The van der Waals surface area contributed by atoms with Gasteiger partial charge >= 0.3 is 6.18 Å². The number of thiazole rings is 1. The molecule has 0 aliphatic heterocycles. The third-order valence-corrected chi connectivity index (χ3v) is 3.21. The number of aromatic nitrogens is 2. The van der Waals surface area contributed by atoms with E-state index in [1.165, 1.54) is 12.4 Å². The van der Waals surface area contributed by atoms with E-state index < -0.39 is 11.9 Å².